The molecule has 0 bridgehead atoms. The number of phenolic OH excluding ortho intramolecular Hbond substituents is 2. The highest BCUT2D eigenvalue weighted by Crippen LogP contribution is 2.20. The first-order chi connectivity index (χ1) is 8.17. The van der Waals surface area contributed by atoms with Crippen molar-refractivity contribution in [2.75, 3.05) is 7.05 Å². The van der Waals surface area contributed by atoms with Gasteiger partial charge in [0.2, 0.25) is 5.90 Å². The maximum absolute atomic E-state index is 9.48. The second-order valence-corrected chi connectivity index (χ2v) is 3.44. The van der Waals surface area contributed by atoms with Crippen LogP contribution in [0.3, 0.4) is 0 Å². The van der Waals surface area contributed by atoms with E-state index in [9.17, 15) is 5.11 Å². The zero-order chi connectivity index (χ0) is 12.7. The molecule has 0 aliphatic carbocycles. The molecule has 5 heteroatoms. The molecule has 0 amide bonds. The Hall–Kier alpha value is -2.04. The van der Waals surface area contributed by atoms with Gasteiger partial charge in [0.1, 0.15) is 11.5 Å². The van der Waals surface area contributed by atoms with Crippen LogP contribution in [0.1, 0.15) is 25.3 Å². The monoisotopic (exact) mass is 236 g/mol. The summed E-state index contributed by atoms with van der Waals surface area (Å²) >= 11 is 0. The molecule has 0 aliphatic heterocycles. The van der Waals surface area contributed by atoms with Gasteiger partial charge in [-0.2, -0.15) is 0 Å². The number of phenols is 2. The normalized spacial score (nSPS) is 12.0. The van der Waals surface area contributed by atoms with Crippen LogP contribution >= 0.6 is 0 Å². The summed E-state index contributed by atoms with van der Waals surface area (Å²) in [6.07, 6.45) is 3.01. The number of hydrogen-bond donors (Lipinski definition) is 2. The highest BCUT2D eigenvalue weighted by Gasteiger charge is 2.00. The van der Waals surface area contributed by atoms with Crippen molar-refractivity contribution in [3.05, 3.63) is 23.8 Å². The summed E-state index contributed by atoms with van der Waals surface area (Å²) in [6.45, 7) is 2.02. The van der Waals surface area contributed by atoms with Crippen molar-refractivity contribution < 1.29 is 15.1 Å². The SMILES string of the molecule is CCCC(=NC)O/N=C/c1ccc(O)cc1O. The summed E-state index contributed by atoms with van der Waals surface area (Å²) in [5.74, 6) is 0.493. The number of oxime groups is 1. The Bertz CT molecular complexity index is 428. The van der Waals surface area contributed by atoms with Crippen LogP contribution in [0, 0.1) is 0 Å². The molecule has 1 rings (SSSR count). The van der Waals surface area contributed by atoms with Crippen LogP contribution in [0.2, 0.25) is 0 Å². The topological polar surface area (TPSA) is 74.4 Å². The molecular formula is C12H16N2O3. The second-order valence-electron chi connectivity index (χ2n) is 3.44. The van der Waals surface area contributed by atoms with Crippen LogP contribution in [0.15, 0.2) is 28.3 Å². The van der Waals surface area contributed by atoms with Crippen molar-refractivity contribution in [3.8, 4) is 11.5 Å². The quantitative estimate of drug-likeness (QED) is 0.478. The van der Waals surface area contributed by atoms with Gasteiger partial charge in [0.05, 0.1) is 6.21 Å². The predicted molar refractivity (Wildman–Crippen MR) is 66.7 cm³/mol. The van der Waals surface area contributed by atoms with Crippen LogP contribution in [-0.2, 0) is 4.84 Å². The molecule has 0 aromatic heterocycles. The number of rotatable bonds is 4. The first kappa shape index (κ1) is 13.0. The van der Waals surface area contributed by atoms with Gasteiger partial charge in [-0.1, -0.05) is 12.1 Å². The first-order valence-electron chi connectivity index (χ1n) is 5.35. The van der Waals surface area contributed by atoms with Gasteiger partial charge < -0.3 is 15.1 Å². The van der Waals surface area contributed by atoms with Gasteiger partial charge in [-0.3, -0.25) is 4.99 Å². The van der Waals surface area contributed by atoms with Crippen molar-refractivity contribution >= 4 is 12.1 Å². The van der Waals surface area contributed by atoms with E-state index in [1.807, 2.05) is 6.92 Å². The van der Waals surface area contributed by atoms with E-state index in [-0.39, 0.29) is 11.5 Å². The first-order valence-corrected chi connectivity index (χ1v) is 5.35. The fraction of sp³-hybridized carbons (Fsp3) is 0.333. The molecule has 0 heterocycles. The molecule has 92 valence electrons. The van der Waals surface area contributed by atoms with Crippen LogP contribution in [0.5, 0.6) is 11.5 Å². The molecule has 0 atom stereocenters. The second kappa shape index (κ2) is 6.52. The molecule has 0 radical (unpaired) electrons. The van der Waals surface area contributed by atoms with Crippen LogP contribution in [0.25, 0.3) is 0 Å². The zero-order valence-corrected chi connectivity index (χ0v) is 9.92. The summed E-state index contributed by atoms with van der Waals surface area (Å²) in [5.41, 5.74) is 0.467. The summed E-state index contributed by atoms with van der Waals surface area (Å²) in [5, 5.41) is 22.3. The maximum Gasteiger partial charge on any atom is 0.219 e. The summed E-state index contributed by atoms with van der Waals surface area (Å²) in [7, 11) is 1.64. The van der Waals surface area contributed by atoms with Crippen molar-refractivity contribution in [2.24, 2.45) is 10.1 Å². The molecule has 0 saturated heterocycles. The molecule has 1 aromatic carbocycles. The Morgan fingerprint density at radius 2 is 2.18 bits per heavy atom. The van der Waals surface area contributed by atoms with Gasteiger partial charge in [-0.25, -0.2) is 0 Å². The fourth-order valence-corrected chi connectivity index (χ4v) is 1.20. The third-order valence-electron chi connectivity index (χ3n) is 2.08. The third kappa shape index (κ3) is 4.14. The molecule has 17 heavy (non-hydrogen) atoms. The summed E-state index contributed by atoms with van der Waals surface area (Å²) in [6, 6.07) is 4.24. The van der Waals surface area contributed by atoms with Crippen molar-refractivity contribution in [1.82, 2.24) is 0 Å². The van der Waals surface area contributed by atoms with Gasteiger partial charge in [0, 0.05) is 25.1 Å². The number of benzene rings is 1. The average Bonchev–Trinajstić information content (AvgIpc) is 2.30. The molecule has 0 saturated carbocycles. The minimum Gasteiger partial charge on any atom is -0.508 e. The maximum atomic E-state index is 9.48. The Morgan fingerprint density at radius 1 is 1.41 bits per heavy atom. The largest absolute Gasteiger partial charge is 0.508 e. The molecule has 5 nitrogen and oxygen atoms in total. The van der Waals surface area contributed by atoms with Gasteiger partial charge in [0.25, 0.3) is 0 Å². The average molecular weight is 236 g/mol. The van der Waals surface area contributed by atoms with Gasteiger partial charge >= 0.3 is 0 Å². The lowest BCUT2D eigenvalue weighted by atomic mass is 10.2. The van der Waals surface area contributed by atoms with Crippen LogP contribution < -0.4 is 0 Å². The third-order valence-corrected chi connectivity index (χ3v) is 2.08. The Balaban J connectivity index is 2.65. The fourth-order valence-electron chi connectivity index (χ4n) is 1.20. The van der Waals surface area contributed by atoms with E-state index in [4.69, 9.17) is 9.94 Å². The molecule has 2 N–H and O–H groups in total. The predicted octanol–water partition coefficient (Wildman–Crippen LogP) is 2.28. The lowest BCUT2D eigenvalue weighted by Crippen LogP contribution is -1.99. The lowest BCUT2D eigenvalue weighted by Gasteiger charge is -2.01. The number of nitrogens with zero attached hydrogens (tertiary/aromatic N) is 2. The van der Waals surface area contributed by atoms with E-state index >= 15 is 0 Å². The molecular weight excluding hydrogens is 220 g/mol. The molecule has 0 unspecified atom stereocenters. The Labute approximate surface area is 100 Å². The molecule has 1 aromatic rings. The highest BCUT2D eigenvalue weighted by molar-refractivity contribution is 5.84. The minimum atomic E-state index is -0.0529. The van der Waals surface area contributed by atoms with E-state index in [1.54, 1.807) is 13.1 Å². The van der Waals surface area contributed by atoms with E-state index in [2.05, 4.69) is 10.1 Å². The Morgan fingerprint density at radius 3 is 2.76 bits per heavy atom. The van der Waals surface area contributed by atoms with Gasteiger partial charge in [-0.05, 0) is 18.6 Å². The molecule has 0 fully saturated rings. The van der Waals surface area contributed by atoms with Crippen molar-refractivity contribution in [3.63, 3.8) is 0 Å². The number of hydrogen-bond acceptors (Lipinski definition) is 5. The number of aromatic hydroxyl groups is 2. The van der Waals surface area contributed by atoms with E-state index in [1.165, 1.54) is 18.3 Å². The van der Waals surface area contributed by atoms with Crippen molar-refractivity contribution in [1.29, 1.82) is 0 Å². The number of aliphatic imine (C=N–C) groups is 1. The van der Waals surface area contributed by atoms with Crippen LogP contribution in [0.4, 0.5) is 0 Å². The van der Waals surface area contributed by atoms with Gasteiger partial charge in [-0.15, -0.1) is 0 Å². The minimum absolute atomic E-state index is 0.00219. The zero-order valence-electron chi connectivity index (χ0n) is 9.92. The standard InChI is InChI=1S/C12H16N2O3/c1-3-4-12(13-2)17-14-8-9-5-6-10(15)7-11(9)16/h5-8,15-16H,3-4H2,1-2H3/b13-12?,14-8+. The smallest absolute Gasteiger partial charge is 0.219 e. The lowest BCUT2D eigenvalue weighted by molar-refractivity contribution is 0.319. The highest BCUT2D eigenvalue weighted by atomic mass is 16.6. The van der Waals surface area contributed by atoms with E-state index < -0.39 is 0 Å². The van der Waals surface area contributed by atoms with Crippen molar-refractivity contribution in [2.45, 2.75) is 19.8 Å². The molecule has 0 spiro atoms. The summed E-state index contributed by atoms with van der Waals surface area (Å²) in [4.78, 5) is 8.99. The van der Waals surface area contributed by atoms with Gasteiger partial charge in [0.15, 0.2) is 0 Å². The van der Waals surface area contributed by atoms with Crippen LogP contribution in [-0.4, -0.2) is 29.4 Å². The van der Waals surface area contributed by atoms with E-state index in [0.29, 0.717) is 11.5 Å². The van der Waals surface area contributed by atoms with E-state index in [0.717, 1.165) is 12.8 Å². The summed E-state index contributed by atoms with van der Waals surface area (Å²) < 4.78 is 0. The Kier molecular flexibility index (Phi) is 5.00. The molecule has 0 aliphatic rings.